The molecule has 0 saturated heterocycles. The Bertz CT molecular complexity index is 1520. The van der Waals surface area contributed by atoms with Crippen LogP contribution in [0.2, 0.25) is 0 Å². The maximum absolute atomic E-state index is 13.8. The standard InChI is InChI=1S/C33H31FN4O2/c1-23(39)38(21-20-35-19-18-24-8-4-2-5-9-24)28-15-13-27(14-16-28)36-32(25-10-6-3-7-11-25)31-29-17-12-26(34)22-30(29)37-33(31)40/h2-17,22,35-36H,18-21H2,1H3,(H,37,40). The van der Waals surface area contributed by atoms with Gasteiger partial charge in [-0.15, -0.1) is 0 Å². The van der Waals surface area contributed by atoms with E-state index in [1.807, 2.05) is 72.8 Å². The molecule has 0 bridgehead atoms. The number of amides is 2. The van der Waals surface area contributed by atoms with Crippen molar-refractivity contribution < 1.29 is 14.0 Å². The molecule has 6 nitrogen and oxygen atoms in total. The molecule has 7 heteroatoms. The summed E-state index contributed by atoms with van der Waals surface area (Å²) >= 11 is 0. The van der Waals surface area contributed by atoms with Crippen LogP contribution in [0.1, 0.15) is 23.6 Å². The molecule has 0 aromatic heterocycles. The number of benzene rings is 4. The molecule has 0 aliphatic carbocycles. The second kappa shape index (κ2) is 12.4. The van der Waals surface area contributed by atoms with Crippen LogP contribution in [0.3, 0.4) is 0 Å². The van der Waals surface area contributed by atoms with Gasteiger partial charge in [0.15, 0.2) is 0 Å². The quantitative estimate of drug-likeness (QED) is 0.174. The number of carbonyl (C=O) groups is 2. The lowest BCUT2D eigenvalue weighted by atomic mass is 10.00. The van der Waals surface area contributed by atoms with Crippen LogP contribution in [0.25, 0.3) is 11.3 Å². The SMILES string of the molecule is CC(=O)N(CCNCCc1ccccc1)c1ccc(NC(=C2C(=O)Nc3cc(F)ccc32)c2ccccc2)cc1. The van der Waals surface area contributed by atoms with E-state index in [9.17, 15) is 14.0 Å². The second-order valence-corrected chi connectivity index (χ2v) is 9.59. The van der Waals surface area contributed by atoms with Crippen molar-refractivity contribution in [2.24, 2.45) is 0 Å². The van der Waals surface area contributed by atoms with E-state index in [-0.39, 0.29) is 11.8 Å². The van der Waals surface area contributed by atoms with E-state index in [0.717, 1.165) is 29.9 Å². The molecule has 1 heterocycles. The third-order valence-electron chi connectivity index (χ3n) is 6.81. The van der Waals surface area contributed by atoms with Gasteiger partial charge in [-0.25, -0.2) is 4.39 Å². The summed E-state index contributed by atoms with van der Waals surface area (Å²) in [5.74, 6) is -0.748. The summed E-state index contributed by atoms with van der Waals surface area (Å²) in [5, 5.41) is 9.59. The predicted octanol–water partition coefficient (Wildman–Crippen LogP) is 5.94. The van der Waals surface area contributed by atoms with Crippen molar-refractivity contribution in [1.29, 1.82) is 0 Å². The van der Waals surface area contributed by atoms with Crippen LogP contribution in [-0.2, 0) is 16.0 Å². The van der Waals surface area contributed by atoms with Gasteiger partial charge in [-0.3, -0.25) is 9.59 Å². The summed E-state index contributed by atoms with van der Waals surface area (Å²) in [7, 11) is 0. The molecule has 0 atom stereocenters. The highest BCUT2D eigenvalue weighted by atomic mass is 19.1. The molecule has 1 aliphatic rings. The average Bonchev–Trinajstić information content (AvgIpc) is 3.29. The molecule has 5 rings (SSSR count). The summed E-state index contributed by atoms with van der Waals surface area (Å²) in [5.41, 5.74) is 5.77. The highest BCUT2D eigenvalue weighted by Crippen LogP contribution is 2.38. The van der Waals surface area contributed by atoms with E-state index in [4.69, 9.17) is 0 Å². The van der Waals surface area contributed by atoms with E-state index in [1.165, 1.54) is 17.7 Å². The zero-order valence-corrected chi connectivity index (χ0v) is 22.3. The molecular formula is C33H31FN4O2. The Morgan fingerprint density at radius 1 is 0.875 bits per heavy atom. The Morgan fingerprint density at radius 3 is 2.27 bits per heavy atom. The normalized spacial score (nSPS) is 13.4. The van der Waals surface area contributed by atoms with Gasteiger partial charge in [-0.05, 0) is 66.6 Å². The van der Waals surface area contributed by atoms with Gasteiger partial charge in [-0.2, -0.15) is 0 Å². The van der Waals surface area contributed by atoms with Gasteiger partial charge < -0.3 is 20.9 Å². The lowest BCUT2D eigenvalue weighted by Gasteiger charge is -2.22. The van der Waals surface area contributed by atoms with Crippen LogP contribution < -0.4 is 20.9 Å². The Morgan fingerprint density at radius 2 is 1.57 bits per heavy atom. The van der Waals surface area contributed by atoms with Crippen LogP contribution in [0.15, 0.2) is 103 Å². The van der Waals surface area contributed by atoms with Crippen molar-refractivity contribution in [2.45, 2.75) is 13.3 Å². The average molecular weight is 535 g/mol. The summed E-state index contributed by atoms with van der Waals surface area (Å²) in [6.07, 6.45) is 0.929. The zero-order chi connectivity index (χ0) is 27.9. The molecule has 202 valence electrons. The lowest BCUT2D eigenvalue weighted by molar-refractivity contribution is -0.116. The topological polar surface area (TPSA) is 73.5 Å². The molecule has 40 heavy (non-hydrogen) atoms. The number of rotatable bonds is 10. The summed E-state index contributed by atoms with van der Waals surface area (Å²) in [6.45, 7) is 3.61. The lowest BCUT2D eigenvalue weighted by Crippen LogP contribution is -2.36. The molecular weight excluding hydrogens is 503 g/mol. The Balaban J connectivity index is 1.32. The number of nitrogens with zero attached hydrogens (tertiary/aromatic N) is 1. The van der Waals surface area contributed by atoms with E-state index in [2.05, 4.69) is 28.1 Å². The van der Waals surface area contributed by atoms with E-state index in [1.54, 1.807) is 17.9 Å². The van der Waals surface area contributed by atoms with Gasteiger partial charge in [-0.1, -0.05) is 60.7 Å². The largest absolute Gasteiger partial charge is 0.354 e. The number of carbonyl (C=O) groups excluding carboxylic acids is 2. The minimum Gasteiger partial charge on any atom is -0.354 e. The number of hydrogen-bond donors (Lipinski definition) is 3. The van der Waals surface area contributed by atoms with Crippen molar-refractivity contribution in [3.05, 3.63) is 126 Å². The summed E-state index contributed by atoms with van der Waals surface area (Å²) in [4.78, 5) is 27.2. The van der Waals surface area contributed by atoms with Crippen molar-refractivity contribution in [1.82, 2.24) is 5.32 Å². The summed E-state index contributed by atoms with van der Waals surface area (Å²) in [6, 6.07) is 31.7. The molecule has 4 aromatic rings. The highest BCUT2D eigenvalue weighted by Gasteiger charge is 2.28. The van der Waals surface area contributed by atoms with Gasteiger partial charge in [0.2, 0.25) is 5.91 Å². The van der Waals surface area contributed by atoms with Crippen molar-refractivity contribution in [2.75, 3.05) is 35.2 Å². The molecule has 3 N–H and O–H groups in total. The third-order valence-corrected chi connectivity index (χ3v) is 6.81. The first-order chi connectivity index (χ1) is 19.5. The fraction of sp³-hybridized carbons (Fsp3) is 0.152. The fourth-order valence-corrected chi connectivity index (χ4v) is 4.81. The second-order valence-electron chi connectivity index (χ2n) is 9.59. The zero-order valence-electron chi connectivity index (χ0n) is 22.3. The van der Waals surface area contributed by atoms with E-state index in [0.29, 0.717) is 35.6 Å². The molecule has 0 radical (unpaired) electrons. The van der Waals surface area contributed by atoms with Gasteiger partial charge in [0.05, 0.1) is 17.0 Å². The maximum Gasteiger partial charge on any atom is 0.258 e. The fourth-order valence-electron chi connectivity index (χ4n) is 4.81. The Labute approximate surface area is 233 Å². The van der Waals surface area contributed by atoms with Crippen LogP contribution in [0.5, 0.6) is 0 Å². The van der Waals surface area contributed by atoms with E-state index >= 15 is 0 Å². The third kappa shape index (κ3) is 6.27. The van der Waals surface area contributed by atoms with Gasteiger partial charge in [0, 0.05) is 37.0 Å². The molecule has 1 aliphatic heterocycles. The predicted molar refractivity (Wildman–Crippen MR) is 159 cm³/mol. The van der Waals surface area contributed by atoms with Gasteiger partial charge in [0.25, 0.3) is 5.91 Å². The minimum atomic E-state index is -0.411. The monoisotopic (exact) mass is 534 g/mol. The van der Waals surface area contributed by atoms with Crippen molar-refractivity contribution in [3.63, 3.8) is 0 Å². The molecule has 0 spiro atoms. The van der Waals surface area contributed by atoms with Crippen LogP contribution in [0.4, 0.5) is 21.5 Å². The van der Waals surface area contributed by atoms with Crippen LogP contribution >= 0.6 is 0 Å². The number of fused-ring (bicyclic) bond motifs is 1. The Hall–Kier alpha value is -4.75. The van der Waals surface area contributed by atoms with Crippen LogP contribution in [-0.4, -0.2) is 31.4 Å². The highest BCUT2D eigenvalue weighted by molar-refractivity contribution is 6.37. The Kier molecular flexibility index (Phi) is 8.32. The number of hydrogen-bond acceptors (Lipinski definition) is 4. The maximum atomic E-state index is 13.8. The number of halogens is 1. The minimum absolute atomic E-state index is 0.0378. The molecule has 0 fully saturated rings. The molecule has 4 aromatic carbocycles. The first-order valence-electron chi connectivity index (χ1n) is 13.3. The smallest absolute Gasteiger partial charge is 0.258 e. The van der Waals surface area contributed by atoms with Crippen LogP contribution in [0, 0.1) is 5.82 Å². The van der Waals surface area contributed by atoms with Gasteiger partial charge >= 0.3 is 0 Å². The van der Waals surface area contributed by atoms with Crippen molar-refractivity contribution >= 4 is 40.1 Å². The number of nitrogens with one attached hydrogen (secondary N) is 3. The first-order valence-corrected chi connectivity index (χ1v) is 13.3. The molecule has 0 saturated carbocycles. The molecule has 2 amide bonds. The number of anilines is 3. The van der Waals surface area contributed by atoms with Gasteiger partial charge in [0.1, 0.15) is 5.82 Å². The molecule has 0 unspecified atom stereocenters. The van der Waals surface area contributed by atoms with E-state index < -0.39 is 5.82 Å². The van der Waals surface area contributed by atoms with Crippen molar-refractivity contribution in [3.8, 4) is 0 Å². The summed E-state index contributed by atoms with van der Waals surface area (Å²) < 4.78 is 13.8. The first kappa shape index (κ1) is 26.8.